The first-order valence-corrected chi connectivity index (χ1v) is 14.1. The highest BCUT2D eigenvalue weighted by molar-refractivity contribution is 7.91. The van der Waals surface area contributed by atoms with E-state index in [1.807, 2.05) is 6.07 Å². The number of hydrogen-bond acceptors (Lipinski definition) is 6. The summed E-state index contributed by atoms with van der Waals surface area (Å²) in [5.74, 6) is -0.0542. The third-order valence-corrected chi connectivity index (χ3v) is 9.80. The first-order valence-electron chi connectivity index (χ1n) is 11.8. The van der Waals surface area contributed by atoms with E-state index in [1.165, 1.54) is 16.9 Å². The standard InChI is InChI=1S/C24H34N4O3S2/c29-23(19-22-9-10-24(32-22)33(30,31)28-12-5-2-6-13-28)25-11-14-26-15-17-27(18-16-26)20-21-7-3-1-4-8-21/h1,3-4,7-10H,2,5-6,11-20H2,(H,25,29). The number of benzene rings is 1. The topological polar surface area (TPSA) is 73.0 Å². The van der Waals surface area contributed by atoms with Gasteiger partial charge < -0.3 is 5.32 Å². The molecule has 1 aromatic carbocycles. The van der Waals surface area contributed by atoms with Crippen molar-refractivity contribution in [1.29, 1.82) is 0 Å². The molecule has 0 atom stereocenters. The van der Waals surface area contributed by atoms with Gasteiger partial charge in [-0.05, 0) is 30.5 Å². The molecule has 0 aliphatic carbocycles. The Hall–Kier alpha value is -1.78. The maximum absolute atomic E-state index is 12.8. The molecule has 0 radical (unpaired) electrons. The largest absolute Gasteiger partial charge is 0.355 e. The second-order valence-corrected chi connectivity index (χ2v) is 12.1. The van der Waals surface area contributed by atoms with Crippen molar-refractivity contribution >= 4 is 27.3 Å². The number of sulfonamides is 1. The van der Waals surface area contributed by atoms with Crippen LogP contribution in [0.15, 0.2) is 46.7 Å². The van der Waals surface area contributed by atoms with Crippen LogP contribution in [-0.2, 0) is 27.8 Å². The zero-order chi connectivity index (χ0) is 23.1. The van der Waals surface area contributed by atoms with Crippen LogP contribution < -0.4 is 5.32 Å². The number of nitrogens with zero attached hydrogens (tertiary/aromatic N) is 3. The molecular formula is C24H34N4O3S2. The number of carbonyl (C=O) groups excluding carboxylic acids is 1. The molecule has 3 heterocycles. The third-order valence-electron chi connectivity index (χ3n) is 6.35. The number of rotatable bonds is 9. The highest BCUT2D eigenvalue weighted by Crippen LogP contribution is 2.27. The summed E-state index contributed by atoms with van der Waals surface area (Å²) in [5, 5.41) is 2.99. The quantitative estimate of drug-likeness (QED) is 0.584. The Morgan fingerprint density at radius 1 is 0.879 bits per heavy atom. The Balaban J connectivity index is 1.16. The molecule has 0 unspecified atom stereocenters. The van der Waals surface area contributed by atoms with E-state index in [-0.39, 0.29) is 12.3 Å². The summed E-state index contributed by atoms with van der Waals surface area (Å²) in [7, 11) is -3.42. The monoisotopic (exact) mass is 490 g/mol. The van der Waals surface area contributed by atoms with E-state index in [0.717, 1.165) is 63.4 Å². The SMILES string of the molecule is O=C(Cc1ccc(S(=O)(=O)N2CCCCC2)s1)NCCN1CCN(Cc2ccccc2)CC1. The molecule has 2 fully saturated rings. The summed E-state index contributed by atoms with van der Waals surface area (Å²) in [4.78, 5) is 18.0. The molecule has 0 bridgehead atoms. The van der Waals surface area contributed by atoms with Crippen LogP contribution >= 0.6 is 11.3 Å². The molecule has 0 saturated carbocycles. The lowest BCUT2D eigenvalue weighted by atomic mass is 10.2. The van der Waals surface area contributed by atoms with E-state index < -0.39 is 10.0 Å². The minimum Gasteiger partial charge on any atom is -0.355 e. The average Bonchev–Trinajstić information content (AvgIpc) is 3.31. The second kappa shape index (κ2) is 11.6. The van der Waals surface area contributed by atoms with Crippen LogP contribution in [-0.4, -0.2) is 80.8 Å². The van der Waals surface area contributed by atoms with Gasteiger partial charge in [-0.15, -0.1) is 11.3 Å². The van der Waals surface area contributed by atoms with Gasteiger partial charge in [0.25, 0.3) is 10.0 Å². The number of nitrogens with one attached hydrogen (secondary N) is 1. The maximum atomic E-state index is 12.8. The van der Waals surface area contributed by atoms with E-state index in [9.17, 15) is 13.2 Å². The Labute approximate surface area is 201 Å². The van der Waals surface area contributed by atoms with Crippen molar-refractivity contribution in [2.45, 2.75) is 36.4 Å². The van der Waals surface area contributed by atoms with Gasteiger partial charge in [-0.25, -0.2) is 8.42 Å². The normalized spacial score (nSPS) is 18.9. The van der Waals surface area contributed by atoms with Gasteiger partial charge in [0.05, 0.1) is 6.42 Å². The molecule has 2 saturated heterocycles. The van der Waals surface area contributed by atoms with E-state index in [2.05, 4.69) is 39.4 Å². The molecule has 1 amide bonds. The lowest BCUT2D eigenvalue weighted by molar-refractivity contribution is -0.120. The first kappa shape index (κ1) is 24.3. The summed E-state index contributed by atoms with van der Waals surface area (Å²) in [5.41, 5.74) is 1.35. The lowest BCUT2D eigenvalue weighted by Crippen LogP contribution is -2.48. The molecule has 7 nitrogen and oxygen atoms in total. The van der Waals surface area contributed by atoms with Crippen molar-refractivity contribution in [1.82, 2.24) is 19.4 Å². The first-order chi connectivity index (χ1) is 16.0. The summed E-state index contributed by atoms with van der Waals surface area (Å²) < 4.78 is 27.5. The van der Waals surface area contributed by atoms with Crippen molar-refractivity contribution in [3.63, 3.8) is 0 Å². The summed E-state index contributed by atoms with van der Waals surface area (Å²) in [6.07, 6.45) is 3.15. The van der Waals surface area contributed by atoms with Crippen molar-refractivity contribution < 1.29 is 13.2 Å². The Kier molecular flexibility index (Phi) is 8.54. The highest BCUT2D eigenvalue weighted by atomic mass is 32.2. The predicted molar refractivity (Wildman–Crippen MR) is 132 cm³/mol. The average molecular weight is 491 g/mol. The zero-order valence-electron chi connectivity index (χ0n) is 19.1. The predicted octanol–water partition coefficient (Wildman–Crippen LogP) is 2.40. The maximum Gasteiger partial charge on any atom is 0.252 e. The summed E-state index contributed by atoms with van der Waals surface area (Å²) in [6.45, 7) is 7.70. The number of thiophene rings is 1. The molecule has 2 aromatic rings. The van der Waals surface area contributed by atoms with Gasteiger partial charge in [0.2, 0.25) is 5.91 Å². The fourth-order valence-electron chi connectivity index (χ4n) is 4.41. The van der Waals surface area contributed by atoms with Crippen LogP contribution in [0.25, 0.3) is 0 Å². The molecule has 9 heteroatoms. The van der Waals surface area contributed by atoms with E-state index in [0.29, 0.717) is 23.8 Å². The number of hydrogen-bond donors (Lipinski definition) is 1. The zero-order valence-corrected chi connectivity index (χ0v) is 20.7. The van der Waals surface area contributed by atoms with Crippen LogP contribution in [0.3, 0.4) is 0 Å². The number of amides is 1. The van der Waals surface area contributed by atoms with Crippen LogP contribution in [0.2, 0.25) is 0 Å². The third kappa shape index (κ3) is 6.86. The van der Waals surface area contributed by atoms with E-state index in [4.69, 9.17) is 0 Å². The number of piperidine rings is 1. The second-order valence-electron chi connectivity index (χ2n) is 8.82. The smallest absolute Gasteiger partial charge is 0.252 e. The molecular weight excluding hydrogens is 456 g/mol. The van der Waals surface area contributed by atoms with Gasteiger partial charge in [-0.3, -0.25) is 14.6 Å². The van der Waals surface area contributed by atoms with Gasteiger partial charge >= 0.3 is 0 Å². The van der Waals surface area contributed by atoms with Gasteiger partial charge in [-0.2, -0.15) is 4.31 Å². The van der Waals surface area contributed by atoms with E-state index >= 15 is 0 Å². The van der Waals surface area contributed by atoms with Gasteiger partial charge in [-0.1, -0.05) is 36.8 Å². The van der Waals surface area contributed by atoms with Crippen molar-refractivity contribution in [3.8, 4) is 0 Å². The molecule has 2 aliphatic heterocycles. The van der Waals surface area contributed by atoms with Gasteiger partial charge in [0, 0.05) is 63.8 Å². The highest BCUT2D eigenvalue weighted by Gasteiger charge is 2.27. The molecule has 33 heavy (non-hydrogen) atoms. The Morgan fingerprint density at radius 2 is 1.58 bits per heavy atom. The number of carbonyl (C=O) groups is 1. The van der Waals surface area contributed by atoms with Crippen LogP contribution in [0.1, 0.15) is 29.7 Å². The molecule has 4 rings (SSSR count). The summed E-state index contributed by atoms with van der Waals surface area (Å²) in [6, 6.07) is 14.0. The molecule has 2 aliphatic rings. The Morgan fingerprint density at radius 3 is 2.30 bits per heavy atom. The van der Waals surface area contributed by atoms with Gasteiger partial charge in [0.1, 0.15) is 4.21 Å². The van der Waals surface area contributed by atoms with Crippen LogP contribution in [0.5, 0.6) is 0 Å². The minimum atomic E-state index is -3.42. The minimum absolute atomic E-state index is 0.0542. The molecule has 1 N–H and O–H groups in total. The van der Waals surface area contributed by atoms with Crippen molar-refractivity contribution in [2.24, 2.45) is 0 Å². The molecule has 1 aromatic heterocycles. The lowest BCUT2D eigenvalue weighted by Gasteiger charge is -2.34. The van der Waals surface area contributed by atoms with Crippen LogP contribution in [0.4, 0.5) is 0 Å². The van der Waals surface area contributed by atoms with Crippen LogP contribution in [0, 0.1) is 0 Å². The molecule has 0 spiro atoms. The van der Waals surface area contributed by atoms with Crippen molar-refractivity contribution in [3.05, 3.63) is 52.9 Å². The Bertz CT molecular complexity index is 996. The van der Waals surface area contributed by atoms with Crippen molar-refractivity contribution in [2.75, 3.05) is 52.4 Å². The summed E-state index contributed by atoms with van der Waals surface area (Å²) >= 11 is 1.22. The fourth-order valence-corrected chi connectivity index (χ4v) is 7.44. The fraction of sp³-hybridized carbons (Fsp3) is 0.542. The van der Waals surface area contributed by atoms with E-state index in [1.54, 1.807) is 16.4 Å². The number of piperazine rings is 1. The van der Waals surface area contributed by atoms with Gasteiger partial charge in [0.15, 0.2) is 0 Å². The molecule has 180 valence electrons.